The highest BCUT2D eigenvalue weighted by molar-refractivity contribution is 5.85. The summed E-state index contributed by atoms with van der Waals surface area (Å²) in [6, 6.07) is 0.730. The highest BCUT2D eigenvalue weighted by atomic mass is 35.5. The average molecular weight is 370 g/mol. The van der Waals surface area contributed by atoms with Gasteiger partial charge in [-0.25, -0.2) is 0 Å². The fourth-order valence-electron chi connectivity index (χ4n) is 3.33. The number of nitrogens with two attached hydrogens (primary N) is 1. The molecule has 2 heterocycles. The van der Waals surface area contributed by atoms with Crippen LogP contribution in [0.25, 0.3) is 0 Å². The smallest absolute Gasteiger partial charge is 0.249 e. The molecule has 0 aromatic heterocycles. The Labute approximate surface area is 152 Å². The second-order valence-electron chi connectivity index (χ2n) is 6.44. The number of nitrogens with one attached hydrogen (secondary N) is 1. The monoisotopic (exact) mass is 369 g/mol. The highest BCUT2D eigenvalue weighted by Crippen LogP contribution is 2.19. The number of piperidine rings is 1. The molecule has 2 aliphatic rings. The molecule has 0 bridgehead atoms. The van der Waals surface area contributed by atoms with Gasteiger partial charge in [0.2, 0.25) is 5.91 Å². The molecule has 0 saturated carbocycles. The lowest BCUT2D eigenvalue weighted by molar-refractivity contribution is -0.131. The van der Waals surface area contributed by atoms with E-state index in [0.717, 1.165) is 44.8 Å². The van der Waals surface area contributed by atoms with Gasteiger partial charge in [-0.1, -0.05) is 6.42 Å². The zero-order chi connectivity index (χ0) is 15.1. The van der Waals surface area contributed by atoms with Crippen molar-refractivity contribution < 1.29 is 9.53 Å². The van der Waals surface area contributed by atoms with E-state index >= 15 is 0 Å². The predicted octanol–water partition coefficient (Wildman–Crippen LogP) is 2.11. The number of ether oxygens (including phenoxy) is 1. The summed E-state index contributed by atoms with van der Waals surface area (Å²) >= 11 is 0. The van der Waals surface area contributed by atoms with Crippen LogP contribution in [0.3, 0.4) is 0 Å². The number of carbonyl (C=O) groups excluding carboxylic acids is 1. The van der Waals surface area contributed by atoms with Crippen LogP contribution in [0.15, 0.2) is 0 Å². The number of unbranched alkanes of at least 4 members (excludes halogenated alkanes) is 1. The molecule has 0 spiro atoms. The summed E-state index contributed by atoms with van der Waals surface area (Å²) in [7, 11) is 0. The van der Waals surface area contributed by atoms with Crippen LogP contribution < -0.4 is 11.1 Å². The lowest BCUT2D eigenvalue weighted by Gasteiger charge is -2.33. The van der Waals surface area contributed by atoms with E-state index < -0.39 is 0 Å². The fourth-order valence-corrected chi connectivity index (χ4v) is 3.33. The molecule has 1 unspecified atom stereocenters. The average Bonchev–Trinajstić information content (AvgIpc) is 2.97. The standard InChI is InChI=1S/C16H31N3O2.2ClH/c1-13-6-2-4-10-19(13)11-5-3-9-18-16(20)15-8-7-14(12-17)21-15;;/h13-15H,2-12,17H2,1H3,(H,18,20);2*1H/t13?,14-,15+;;/m1../s1. The molecular weight excluding hydrogens is 337 g/mol. The molecule has 0 aromatic carbocycles. The van der Waals surface area contributed by atoms with Gasteiger partial charge in [0.1, 0.15) is 6.10 Å². The summed E-state index contributed by atoms with van der Waals surface area (Å²) in [5.41, 5.74) is 5.56. The Balaban J connectivity index is 0.00000242. The van der Waals surface area contributed by atoms with Crippen molar-refractivity contribution in [3.05, 3.63) is 0 Å². The Morgan fingerprint density at radius 3 is 2.65 bits per heavy atom. The van der Waals surface area contributed by atoms with E-state index in [0.29, 0.717) is 6.54 Å². The molecule has 0 radical (unpaired) electrons. The molecule has 3 atom stereocenters. The molecule has 2 saturated heterocycles. The maximum absolute atomic E-state index is 11.9. The van der Waals surface area contributed by atoms with E-state index in [-0.39, 0.29) is 42.9 Å². The first-order valence-electron chi connectivity index (χ1n) is 8.58. The second kappa shape index (κ2) is 12.3. The molecule has 0 aliphatic carbocycles. The number of rotatable bonds is 7. The van der Waals surface area contributed by atoms with Gasteiger partial charge in [0.05, 0.1) is 6.10 Å². The third-order valence-electron chi connectivity index (χ3n) is 4.77. The third kappa shape index (κ3) is 7.57. The first-order chi connectivity index (χ1) is 10.2. The van der Waals surface area contributed by atoms with Crippen LogP contribution in [0.1, 0.15) is 51.9 Å². The summed E-state index contributed by atoms with van der Waals surface area (Å²) in [5, 5.41) is 2.99. The van der Waals surface area contributed by atoms with Crippen molar-refractivity contribution in [2.75, 3.05) is 26.2 Å². The number of carbonyl (C=O) groups is 1. The van der Waals surface area contributed by atoms with Crippen LogP contribution in [-0.4, -0.2) is 55.2 Å². The zero-order valence-electron chi connectivity index (χ0n) is 14.2. The van der Waals surface area contributed by atoms with Gasteiger partial charge in [0.25, 0.3) is 0 Å². The molecule has 0 aromatic rings. The number of hydrogen-bond donors (Lipinski definition) is 2. The molecule has 2 aliphatic heterocycles. The molecule has 2 rings (SSSR count). The van der Waals surface area contributed by atoms with E-state index in [2.05, 4.69) is 17.1 Å². The SMILES string of the molecule is CC1CCCCN1CCCCNC(=O)[C@@H]1CC[C@H](CN)O1.Cl.Cl. The maximum Gasteiger partial charge on any atom is 0.249 e. The zero-order valence-corrected chi connectivity index (χ0v) is 15.8. The lowest BCUT2D eigenvalue weighted by atomic mass is 10.0. The second-order valence-corrected chi connectivity index (χ2v) is 6.44. The van der Waals surface area contributed by atoms with Gasteiger partial charge in [-0.3, -0.25) is 4.79 Å². The summed E-state index contributed by atoms with van der Waals surface area (Å²) in [6.07, 6.45) is 7.74. The maximum atomic E-state index is 11.9. The van der Waals surface area contributed by atoms with Crippen LogP contribution in [0.2, 0.25) is 0 Å². The molecule has 138 valence electrons. The minimum Gasteiger partial charge on any atom is -0.364 e. The van der Waals surface area contributed by atoms with Gasteiger partial charge in [-0.2, -0.15) is 0 Å². The fraction of sp³-hybridized carbons (Fsp3) is 0.938. The Morgan fingerprint density at radius 2 is 2.00 bits per heavy atom. The van der Waals surface area contributed by atoms with E-state index in [9.17, 15) is 4.79 Å². The van der Waals surface area contributed by atoms with Crippen molar-refractivity contribution in [1.82, 2.24) is 10.2 Å². The van der Waals surface area contributed by atoms with Crippen LogP contribution in [0.4, 0.5) is 0 Å². The van der Waals surface area contributed by atoms with E-state index in [1.807, 2.05) is 0 Å². The van der Waals surface area contributed by atoms with Crippen molar-refractivity contribution in [2.24, 2.45) is 5.73 Å². The van der Waals surface area contributed by atoms with Crippen LogP contribution in [0.5, 0.6) is 0 Å². The molecule has 1 amide bonds. The number of nitrogens with zero attached hydrogens (tertiary/aromatic N) is 1. The summed E-state index contributed by atoms with van der Waals surface area (Å²) < 4.78 is 5.59. The van der Waals surface area contributed by atoms with Crippen LogP contribution in [0, 0.1) is 0 Å². The van der Waals surface area contributed by atoms with Gasteiger partial charge in [0.15, 0.2) is 0 Å². The molecular formula is C16H33Cl2N3O2. The van der Waals surface area contributed by atoms with Crippen molar-refractivity contribution in [3.8, 4) is 0 Å². The van der Waals surface area contributed by atoms with Gasteiger partial charge in [-0.05, 0) is 58.5 Å². The molecule has 2 fully saturated rings. The van der Waals surface area contributed by atoms with E-state index in [1.165, 1.54) is 25.8 Å². The van der Waals surface area contributed by atoms with Gasteiger partial charge in [0, 0.05) is 19.1 Å². The minimum atomic E-state index is -0.277. The minimum absolute atomic E-state index is 0. The Morgan fingerprint density at radius 1 is 1.22 bits per heavy atom. The molecule has 5 nitrogen and oxygen atoms in total. The van der Waals surface area contributed by atoms with Crippen LogP contribution >= 0.6 is 24.8 Å². The normalized spacial score (nSPS) is 27.8. The van der Waals surface area contributed by atoms with Crippen LogP contribution in [-0.2, 0) is 9.53 Å². The Hall–Kier alpha value is -0.0700. The van der Waals surface area contributed by atoms with Crippen molar-refractivity contribution in [2.45, 2.75) is 70.1 Å². The first kappa shape index (κ1) is 22.9. The van der Waals surface area contributed by atoms with Crippen molar-refractivity contribution in [1.29, 1.82) is 0 Å². The molecule has 7 heteroatoms. The quantitative estimate of drug-likeness (QED) is 0.674. The van der Waals surface area contributed by atoms with Crippen molar-refractivity contribution >= 4 is 30.7 Å². The van der Waals surface area contributed by atoms with Crippen molar-refractivity contribution in [3.63, 3.8) is 0 Å². The highest BCUT2D eigenvalue weighted by Gasteiger charge is 2.29. The first-order valence-corrected chi connectivity index (χ1v) is 8.58. The summed E-state index contributed by atoms with van der Waals surface area (Å²) in [6.45, 7) is 5.99. The van der Waals surface area contributed by atoms with E-state index in [4.69, 9.17) is 10.5 Å². The van der Waals surface area contributed by atoms with Gasteiger partial charge in [-0.15, -0.1) is 24.8 Å². The number of likely N-dealkylation sites (tertiary alicyclic amines) is 1. The van der Waals surface area contributed by atoms with E-state index in [1.54, 1.807) is 0 Å². The lowest BCUT2D eigenvalue weighted by Crippen LogP contribution is -2.39. The topological polar surface area (TPSA) is 67.6 Å². The number of amides is 1. The number of hydrogen-bond acceptors (Lipinski definition) is 4. The number of halogens is 2. The molecule has 23 heavy (non-hydrogen) atoms. The Bertz CT molecular complexity index is 334. The predicted molar refractivity (Wildman–Crippen MR) is 98.6 cm³/mol. The summed E-state index contributed by atoms with van der Waals surface area (Å²) in [4.78, 5) is 14.5. The van der Waals surface area contributed by atoms with Gasteiger partial charge < -0.3 is 20.7 Å². The van der Waals surface area contributed by atoms with Gasteiger partial charge >= 0.3 is 0 Å². The Kier molecular flexibility index (Phi) is 12.3. The largest absolute Gasteiger partial charge is 0.364 e. The summed E-state index contributed by atoms with van der Waals surface area (Å²) in [5.74, 6) is 0.0392. The molecule has 3 N–H and O–H groups in total. The third-order valence-corrected chi connectivity index (χ3v) is 4.77.